The maximum Gasteiger partial charge on any atom is 0.331 e. The van der Waals surface area contributed by atoms with Crippen LogP contribution in [0.1, 0.15) is 52.6 Å². The number of hydrogen-bond acceptors (Lipinski definition) is 5. The van der Waals surface area contributed by atoms with Crippen molar-refractivity contribution >= 4 is 11.9 Å². The van der Waals surface area contributed by atoms with Crippen LogP contribution in [0.4, 0.5) is 0 Å². The van der Waals surface area contributed by atoms with Gasteiger partial charge in [0.25, 0.3) is 5.91 Å². The van der Waals surface area contributed by atoms with E-state index in [0.29, 0.717) is 24.2 Å². The Morgan fingerprint density at radius 3 is 2.79 bits per heavy atom. The third-order valence-corrected chi connectivity index (χ3v) is 5.32. The van der Waals surface area contributed by atoms with Gasteiger partial charge in [0.2, 0.25) is 0 Å². The van der Waals surface area contributed by atoms with E-state index in [9.17, 15) is 14.7 Å². The number of pyridine rings is 1. The topological polar surface area (TPSA) is 89.0 Å². The van der Waals surface area contributed by atoms with Crippen LogP contribution in [-0.4, -0.2) is 46.3 Å². The lowest BCUT2D eigenvalue weighted by Crippen LogP contribution is -2.34. The molecule has 2 aliphatic heterocycles. The summed E-state index contributed by atoms with van der Waals surface area (Å²) in [5, 5.41) is 9.65. The number of rotatable bonds is 7. The highest BCUT2D eigenvalue weighted by atomic mass is 16.7. The van der Waals surface area contributed by atoms with Gasteiger partial charge in [0.1, 0.15) is 0 Å². The Morgan fingerprint density at radius 1 is 1.17 bits per heavy atom. The smallest absolute Gasteiger partial charge is 0.331 e. The number of aromatic nitrogens is 1. The van der Waals surface area contributed by atoms with Gasteiger partial charge in [-0.25, -0.2) is 4.79 Å². The van der Waals surface area contributed by atoms with E-state index in [1.165, 1.54) is 4.90 Å². The minimum Gasteiger partial charge on any atom is -0.479 e. The minimum absolute atomic E-state index is 0.175. The quantitative estimate of drug-likeness (QED) is 0.774. The van der Waals surface area contributed by atoms with E-state index in [1.807, 2.05) is 18.2 Å². The molecule has 0 spiro atoms. The van der Waals surface area contributed by atoms with Gasteiger partial charge in [-0.05, 0) is 43.0 Å². The number of carboxylic acids is 1. The highest BCUT2D eigenvalue weighted by Gasteiger charge is 2.40. The van der Waals surface area contributed by atoms with Crippen LogP contribution in [-0.2, 0) is 27.3 Å². The number of hydrogen-bond donors (Lipinski definition) is 1. The van der Waals surface area contributed by atoms with E-state index in [4.69, 9.17) is 9.47 Å². The van der Waals surface area contributed by atoms with Crippen LogP contribution in [0.5, 0.6) is 0 Å². The Kier molecular flexibility index (Phi) is 5.87. The molecule has 4 rings (SSSR count). The number of nitrogens with zero attached hydrogens (tertiary/aromatic N) is 2. The van der Waals surface area contributed by atoms with Crippen LogP contribution in [0, 0.1) is 0 Å². The van der Waals surface area contributed by atoms with Crippen molar-refractivity contribution in [2.24, 2.45) is 0 Å². The van der Waals surface area contributed by atoms with Gasteiger partial charge in [0.15, 0.2) is 12.3 Å². The highest BCUT2D eigenvalue weighted by molar-refractivity contribution is 6.03. The number of benzene rings is 1. The second kappa shape index (κ2) is 8.71. The minimum atomic E-state index is -1.02. The fourth-order valence-electron chi connectivity index (χ4n) is 3.87. The number of carboxylic acid groups (broad SMARTS) is 1. The van der Waals surface area contributed by atoms with Crippen molar-refractivity contribution < 1.29 is 24.2 Å². The molecule has 1 saturated heterocycles. The monoisotopic (exact) mass is 396 g/mol. The molecule has 0 bridgehead atoms. The van der Waals surface area contributed by atoms with Crippen LogP contribution < -0.4 is 0 Å². The summed E-state index contributed by atoms with van der Waals surface area (Å²) in [5.74, 6) is -1.27. The second-order valence-electron chi connectivity index (χ2n) is 7.30. The number of aliphatic carboxylic acids is 1. The number of carbonyl (C=O) groups excluding carboxylic acids is 1. The van der Waals surface area contributed by atoms with Crippen LogP contribution in [0.3, 0.4) is 0 Å². The molecule has 0 aliphatic carbocycles. The van der Waals surface area contributed by atoms with Crippen LogP contribution >= 0.6 is 0 Å². The van der Waals surface area contributed by atoms with Gasteiger partial charge in [-0.2, -0.15) is 0 Å². The Balaban J connectivity index is 1.40. The Bertz CT molecular complexity index is 894. The molecule has 7 heteroatoms. The molecular formula is C22H24N2O5. The first-order chi connectivity index (χ1) is 14.1. The van der Waals surface area contributed by atoms with E-state index < -0.39 is 12.0 Å². The third-order valence-electron chi connectivity index (χ3n) is 5.32. The van der Waals surface area contributed by atoms with E-state index in [1.54, 1.807) is 24.3 Å². The van der Waals surface area contributed by atoms with Crippen molar-refractivity contribution in [3.8, 4) is 0 Å². The fraction of sp³-hybridized carbons (Fsp3) is 0.409. The van der Waals surface area contributed by atoms with Gasteiger partial charge in [0.05, 0.1) is 12.3 Å². The zero-order chi connectivity index (χ0) is 20.2. The van der Waals surface area contributed by atoms with Gasteiger partial charge < -0.3 is 19.5 Å². The molecule has 0 saturated carbocycles. The van der Waals surface area contributed by atoms with Crippen LogP contribution in [0.25, 0.3) is 0 Å². The standard InChI is InChI=1S/C22H24N2O5/c25-21-18-9-2-1-8-17(18)20(22(26)27)24(21)12-11-15-6-5-7-16(23-15)14-29-19-10-3-4-13-28-19/h1-2,5-9,19-20H,3-4,10-14H2,(H,26,27). The molecule has 3 heterocycles. The summed E-state index contributed by atoms with van der Waals surface area (Å²) >= 11 is 0. The molecule has 2 aromatic rings. The Hall–Kier alpha value is -2.77. The predicted octanol–water partition coefficient (Wildman–Crippen LogP) is 2.95. The fourth-order valence-corrected chi connectivity index (χ4v) is 3.87. The lowest BCUT2D eigenvalue weighted by Gasteiger charge is -2.23. The van der Waals surface area contributed by atoms with Gasteiger partial charge >= 0.3 is 5.97 Å². The number of amides is 1. The third kappa shape index (κ3) is 4.31. The maximum atomic E-state index is 12.7. The normalized spacial score (nSPS) is 21.2. The van der Waals surface area contributed by atoms with Gasteiger partial charge in [-0.1, -0.05) is 24.3 Å². The molecule has 1 amide bonds. The first kappa shape index (κ1) is 19.5. The summed E-state index contributed by atoms with van der Waals surface area (Å²) in [6, 6.07) is 11.6. The van der Waals surface area contributed by atoms with Crippen molar-refractivity contribution in [1.82, 2.24) is 9.88 Å². The van der Waals surface area contributed by atoms with E-state index in [-0.39, 0.29) is 18.7 Å². The van der Waals surface area contributed by atoms with E-state index in [0.717, 1.165) is 37.3 Å². The molecule has 1 aromatic carbocycles. The SMILES string of the molecule is O=C(O)C1c2ccccc2C(=O)N1CCc1cccc(COC2CCCCO2)n1. The molecule has 2 aliphatic rings. The zero-order valence-corrected chi connectivity index (χ0v) is 16.1. The molecule has 29 heavy (non-hydrogen) atoms. The lowest BCUT2D eigenvalue weighted by molar-refractivity contribution is -0.169. The largest absolute Gasteiger partial charge is 0.479 e. The average Bonchev–Trinajstić information content (AvgIpc) is 3.04. The number of carbonyl (C=O) groups is 2. The second-order valence-corrected chi connectivity index (χ2v) is 7.30. The first-order valence-corrected chi connectivity index (χ1v) is 9.94. The van der Waals surface area contributed by atoms with Gasteiger partial charge in [-0.15, -0.1) is 0 Å². The molecule has 2 unspecified atom stereocenters. The number of ether oxygens (including phenoxy) is 2. The molecular weight excluding hydrogens is 372 g/mol. The molecule has 1 fully saturated rings. The molecule has 2 atom stereocenters. The van der Waals surface area contributed by atoms with E-state index in [2.05, 4.69) is 4.98 Å². The van der Waals surface area contributed by atoms with Crippen molar-refractivity contribution in [3.63, 3.8) is 0 Å². The summed E-state index contributed by atoms with van der Waals surface area (Å²) in [5.41, 5.74) is 2.60. The van der Waals surface area contributed by atoms with Crippen LogP contribution in [0.15, 0.2) is 42.5 Å². The van der Waals surface area contributed by atoms with Crippen LogP contribution in [0.2, 0.25) is 0 Å². The Labute approximate surface area is 169 Å². The summed E-state index contributed by atoms with van der Waals surface area (Å²) in [4.78, 5) is 30.5. The summed E-state index contributed by atoms with van der Waals surface area (Å²) in [6.45, 7) is 1.38. The lowest BCUT2D eigenvalue weighted by atomic mass is 10.1. The van der Waals surface area contributed by atoms with Crippen molar-refractivity contribution in [2.75, 3.05) is 13.2 Å². The average molecular weight is 396 g/mol. The van der Waals surface area contributed by atoms with Gasteiger partial charge in [-0.3, -0.25) is 9.78 Å². The van der Waals surface area contributed by atoms with Crippen molar-refractivity contribution in [1.29, 1.82) is 0 Å². The summed E-state index contributed by atoms with van der Waals surface area (Å²) < 4.78 is 11.4. The maximum absolute atomic E-state index is 12.7. The molecule has 0 radical (unpaired) electrons. The van der Waals surface area contributed by atoms with Crippen molar-refractivity contribution in [2.45, 2.75) is 44.6 Å². The highest BCUT2D eigenvalue weighted by Crippen LogP contribution is 2.33. The molecule has 7 nitrogen and oxygen atoms in total. The molecule has 1 N–H and O–H groups in total. The predicted molar refractivity (Wildman–Crippen MR) is 104 cm³/mol. The summed E-state index contributed by atoms with van der Waals surface area (Å²) in [6.07, 6.45) is 3.37. The summed E-state index contributed by atoms with van der Waals surface area (Å²) in [7, 11) is 0. The van der Waals surface area contributed by atoms with Gasteiger partial charge in [0, 0.05) is 30.8 Å². The van der Waals surface area contributed by atoms with E-state index >= 15 is 0 Å². The Morgan fingerprint density at radius 2 is 2.00 bits per heavy atom. The first-order valence-electron chi connectivity index (χ1n) is 9.94. The number of fused-ring (bicyclic) bond motifs is 1. The molecule has 152 valence electrons. The van der Waals surface area contributed by atoms with Crippen molar-refractivity contribution in [3.05, 3.63) is 65.0 Å². The zero-order valence-electron chi connectivity index (χ0n) is 16.1. The molecule has 1 aromatic heterocycles.